The van der Waals surface area contributed by atoms with Crippen molar-refractivity contribution in [2.24, 2.45) is 0 Å². The number of anilines is 1. The van der Waals surface area contributed by atoms with Crippen molar-refractivity contribution < 1.29 is 13.6 Å². The first-order chi connectivity index (χ1) is 8.97. The minimum atomic E-state index is -0.704. The van der Waals surface area contributed by atoms with E-state index in [1.807, 2.05) is 0 Å². The summed E-state index contributed by atoms with van der Waals surface area (Å²) in [7, 11) is 0. The van der Waals surface area contributed by atoms with Crippen LogP contribution in [0.25, 0.3) is 0 Å². The van der Waals surface area contributed by atoms with Crippen LogP contribution in [-0.2, 0) is 0 Å². The lowest BCUT2D eigenvalue weighted by molar-refractivity contribution is 0.102. The Bertz CT molecular complexity index is 643. The topological polar surface area (TPSA) is 29.1 Å². The molecule has 0 radical (unpaired) electrons. The lowest BCUT2D eigenvalue weighted by atomic mass is 10.1. The fourth-order valence-corrected chi connectivity index (χ4v) is 1.79. The molecule has 98 valence electrons. The average Bonchev–Trinajstić information content (AvgIpc) is 2.32. The van der Waals surface area contributed by atoms with Gasteiger partial charge in [-0.1, -0.05) is 11.6 Å². The van der Waals surface area contributed by atoms with E-state index in [1.165, 1.54) is 30.3 Å². The second-order valence-electron chi connectivity index (χ2n) is 4.04. The Morgan fingerprint density at radius 3 is 2.53 bits per heavy atom. The summed E-state index contributed by atoms with van der Waals surface area (Å²) in [6.45, 7) is 1.65. The van der Waals surface area contributed by atoms with E-state index in [-0.39, 0.29) is 10.6 Å². The Morgan fingerprint density at radius 2 is 1.89 bits per heavy atom. The Balaban J connectivity index is 2.25. The van der Waals surface area contributed by atoms with Crippen LogP contribution in [0.15, 0.2) is 36.4 Å². The molecular weight excluding hydrogens is 272 g/mol. The van der Waals surface area contributed by atoms with Crippen molar-refractivity contribution >= 4 is 23.2 Å². The zero-order chi connectivity index (χ0) is 14.0. The lowest BCUT2D eigenvalue weighted by Gasteiger charge is -2.09. The summed E-state index contributed by atoms with van der Waals surface area (Å²) < 4.78 is 26.5. The Morgan fingerprint density at radius 1 is 1.16 bits per heavy atom. The molecular formula is C14H10ClF2NO. The molecule has 2 nitrogen and oxygen atoms in total. The number of aryl methyl sites for hydroxylation is 1. The van der Waals surface area contributed by atoms with Gasteiger partial charge in [0.15, 0.2) is 0 Å². The van der Waals surface area contributed by atoms with Crippen LogP contribution in [0, 0.1) is 18.6 Å². The number of rotatable bonds is 2. The Labute approximate surface area is 114 Å². The number of hydrogen-bond acceptors (Lipinski definition) is 1. The van der Waals surface area contributed by atoms with Gasteiger partial charge in [-0.15, -0.1) is 0 Å². The third kappa shape index (κ3) is 3.09. The summed E-state index contributed by atoms with van der Waals surface area (Å²) in [5.74, 6) is -1.71. The van der Waals surface area contributed by atoms with E-state index in [0.717, 1.165) is 6.07 Å². The first-order valence-electron chi connectivity index (χ1n) is 5.50. The quantitative estimate of drug-likeness (QED) is 0.879. The molecule has 1 amide bonds. The lowest BCUT2D eigenvalue weighted by Crippen LogP contribution is -2.14. The van der Waals surface area contributed by atoms with Crippen LogP contribution < -0.4 is 5.32 Å². The molecule has 0 unspecified atom stereocenters. The van der Waals surface area contributed by atoms with Gasteiger partial charge in [0.25, 0.3) is 5.91 Å². The normalized spacial score (nSPS) is 10.3. The molecule has 0 fully saturated rings. The number of carbonyl (C=O) groups excluding carboxylic acids is 1. The second kappa shape index (κ2) is 5.36. The van der Waals surface area contributed by atoms with Crippen molar-refractivity contribution in [2.75, 3.05) is 5.32 Å². The number of amides is 1. The summed E-state index contributed by atoms with van der Waals surface area (Å²) in [4.78, 5) is 11.9. The van der Waals surface area contributed by atoms with Gasteiger partial charge in [0.05, 0.1) is 5.56 Å². The van der Waals surface area contributed by atoms with Crippen molar-refractivity contribution in [2.45, 2.75) is 6.92 Å². The van der Waals surface area contributed by atoms with E-state index in [2.05, 4.69) is 5.32 Å². The fraction of sp³-hybridized carbons (Fsp3) is 0.0714. The molecule has 0 atom stereocenters. The van der Waals surface area contributed by atoms with Crippen LogP contribution in [0.2, 0.25) is 5.02 Å². The van der Waals surface area contributed by atoms with Crippen molar-refractivity contribution in [3.63, 3.8) is 0 Å². The third-order valence-electron chi connectivity index (χ3n) is 2.61. The standard InChI is InChI=1S/C14H10ClF2NO/c1-8-6-10(16)3-5-13(8)18-14(19)11-4-2-9(15)7-12(11)17/h2-7H,1H3,(H,18,19). The van der Waals surface area contributed by atoms with Gasteiger partial charge < -0.3 is 5.32 Å². The van der Waals surface area contributed by atoms with E-state index >= 15 is 0 Å². The molecule has 2 aromatic carbocycles. The average molecular weight is 282 g/mol. The monoisotopic (exact) mass is 281 g/mol. The first-order valence-corrected chi connectivity index (χ1v) is 5.88. The molecule has 0 spiro atoms. The van der Waals surface area contributed by atoms with Gasteiger partial charge in [0, 0.05) is 10.7 Å². The molecule has 0 bridgehead atoms. The maximum absolute atomic E-state index is 13.6. The number of hydrogen-bond donors (Lipinski definition) is 1. The highest BCUT2D eigenvalue weighted by atomic mass is 35.5. The molecule has 2 rings (SSSR count). The van der Waals surface area contributed by atoms with Crippen molar-refractivity contribution in [1.82, 2.24) is 0 Å². The van der Waals surface area contributed by atoms with Crippen LogP contribution in [-0.4, -0.2) is 5.91 Å². The summed E-state index contributed by atoms with van der Waals surface area (Å²) in [6, 6.07) is 7.72. The molecule has 0 saturated carbocycles. The van der Waals surface area contributed by atoms with E-state index in [0.29, 0.717) is 11.3 Å². The molecule has 0 heterocycles. The molecule has 19 heavy (non-hydrogen) atoms. The maximum atomic E-state index is 13.6. The zero-order valence-electron chi connectivity index (χ0n) is 10.0. The van der Waals surface area contributed by atoms with Crippen molar-refractivity contribution in [3.8, 4) is 0 Å². The van der Waals surface area contributed by atoms with Crippen LogP contribution in [0.5, 0.6) is 0 Å². The highest BCUT2D eigenvalue weighted by Gasteiger charge is 2.13. The van der Waals surface area contributed by atoms with Gasteiger partial charge >= 0.3 is 0 Å². The van der Waals surface area contributed by atoms with Gasteiger partial charge in [-0.2, -0.15) is 0 Å². The van der Waals surface area contributed by atoms with Crippen LogP contribution in [0.3, 0.4) is 0 Å². The van der Waals surface area contributed by atoms with Crippen LogP contribution in [0.4, 0.5) is 14.5 Å². The molecule has 0 aliphatic heterocycles. The van der Waals surface area contributed by atoms with E-state index in [1.54, 1.807) is 6.92 Å². The van der Waals surface area contributed by atoms with Crippen LogP contribution in [0.1, 0.15) is 15.9 Å². The predicted molar refractivity (Wildman–Crippen MR) is 70.5 cm³/mol. The highest BCUT2D eigenvalue weighted by molar-refractivity contribution is 6.30. The number of nitrogens with one attached hydrogen (secondary N) is 1. The summed E-state index contributed by atoms with van der Waals surface area (Å²) >= 11 is 5.61. The second-order valence-corrected chi connectivity index (χ2v) is 4.47. The van der Waals surface area contributed by atoms with Gasteiger partial charge in [-0.25, -0.2) is 8.78 Å². The van der Waals surface area contributed by atoms with Gasteiger partial charge in [0.1, 0.15) is 11.6 Å². The van der Waals surface area contributed by atoms with Gasteiger partial charge in [-0.05, 0) is 48.9 Å². The SMILES string of the molecule is Cc1cc(F)ccc1NC(=O)c1ccc(Cl)cc1F. The molecule has 0 aromatic heterocycles. The minimum absolute atomic E-state index is 0.117. The number of benzene rings is 2. The molecule has 2 aromatic rings. The van der Waals surface area contributed by atoms with Crippen LogP contribution >= 0.6 is 11.6 Å². The fourth-order valence-electron chi connectivity index (χ4n) is 1.63. The summed E-state index contributed by atoms with van der Waals surface area (Å²) in [5.41, 5.74) is 0.872. The number of carbonyl (C=O) groups is 1. The summed E-state index contributed by atoms with van der Waals surface area (Å²) in [5, 5.41) is 2.74. The molecule has 5 heteroatoms. The highest BCUT2D eigenvalue weighted by Crippen LogP contribution is 2.19. The van der Waals surface area contributed by atoms with Gasteiger partial charge in [-0.3, -0.25) is 4.79 Å². The van der Waals surface area contributed by atoms with Crippen molar-refractivity contribution in [3.05, 3.63) is 64.2 Å². The predicted octanol–water partition coefficient (Wildman–Crippen LogP) is 4.18. The number of halogens is 3. The summed E-state index contributed by atoms with van der Waals surface area (Å²) in [6.07, 6.45) is 0. The zero-order valence-corrected chi connectivity index (χ0v) is 10.8. The minimum Gasteiger partial charge on any atom is -0.322 e. The van der Waals surface area contributed by atoms with E-state index in [4.69, 9.17) is 11.6 Å². The van der Waals surface area contributed by atoms with Crippen molar-refractivity contribution in [1.29, 1.82) is 0 Å². The molecule has 0 aliphatic carbocycles. The smallest absolute Gasteiger partial charge is 0.258 e. The van der Waals surface area contributed by atoms with Gasteiger partial charge in [0.2, 0.25) is 0 Å². The Kier molecular flexibility index (Phi) is 3.81. The van der Waals surface area contributed by atoms with E-state index < -0.39 is 17.5 Å². The first kappa shape index (κ1) is 13.5. The molecule has 0 aliphatic rings. The molecule has 1 N–H and O–H groups in total. The largest absolute Gasteiger partial charge is 0.322 e. The van der Waals surface area contributed by atoms with E-state index in [9.17, 15) is 13.6 Å². The molecule has 0 saturated heterocycles. The maximum Gasteiger partial charge on any atom is 0.258 e. The third-order valence-corrected chi connectivity index (χ3v) is 2.85. The Hall–Kier alpha value is -1.94.